The minimum absolute atomic E-state index is 0.0388. The first-order valence-electron chi connectivity index (χ1n) is 4.73. The van der Waals surface area contributed by atoms with Gasteiger partial charge < -0.3 is 5.11 Å². The molecular formula is C11H8BrFO3. The number of halogens is 2. The van der Waals surface area contributed by atoms with Gasteiger partial charge in [0.25, 0.3) is 0 Å². The van der Waals surface area contributed by atoms with Crippen molar-refractivity contribution in [3.05, 3.63) is 34.1 Å². The number of carbonyl (C=O) groups excluding carboxylic acids is 1. The zero-order valence-corrected chi connectivity index (χ0v) is 9.70. The van der Waals surface area contributed by atoms with E-state index >= 15 is 0 Å². The molecule has 2 rings (SSSR count). The van der Waals surface area contributed by atoms with Gasteiger partial charge in [-0.1, -0.05) is 15.9 Å². The van der Waals surface area contributed by atoms with Crippen LogP contribution in [0, 0.1) is 17.7 Å². The van der Waals surface area contributed by atoms with Gasteiger partial charge in [0.2, 0.25) is 0 Å². The molecule has 1 aromatic carbocycles. The highest BCUT2D eigenvalue weighted by Gasteiger charge is 2.48. The van der Waals surface area contributed by atoms with Crippen molar-refractivity contribution in [3.63, 3.8) is 0 Å². The van der Waals surface area contributed by atoms with Gasteiger partial charge in [0.15, 0.2) is 5.78 Å². The second-order valence-corrected chi connectivity index (χ2v) is 4.69. The van der Waals surface area contributed by atoms with Crippen LogP contribution in [0.1, 0.15) is 16.8 Å². The molecule has 0 saturated heterocycles. The van der Waals surface area contributed by atoms with Crippen molar-refractivity contribution >= 4 is 27.7 Å². The quantitative estimate of drug-likeness (QED) is 0.869. The molecule has 0 aromatic heterocycles. The van der Waals surface area contributed by atoms with E-state index in [1.165, 1.54) is 18.2 Å². The Kier molecular flexibility index (Phi) is 2.80. The van der Waals surface area contributed by atoms with Crippen LogP contribution in [-0.2, 0) is 4.79 Å². The minimum atomic E-state index is -0.992. The molecule has 0 heterocycles. The van der Waals surface area contributed by atoms with Crippen LogP contribution in [0.15, 0.2) is 22.7 Å². The van der Waals surface area contributed by atoms with Crippen LogP contribution in [0.2, 0.25) is 0 Å². The molecule has 0 bridgehead atoms. The molecule has 1 aliphatic rings. The molecule has 0 spiro atoms. The lowest BCUT2D eigenvalue weighted by Gasteiger charge is -2.01. The highest BCUT2D eigenvalue weighted by Crippen LogP contribution is 2.41. The van der Waals surface area contributed by atoms with Crippen molar-refractivity contribution in [1.29, 1.82) is 0 Å². The molecule has 0 radical (unpaired) electrons. The largest absolute Gasteiger partial charge is 0.481 e. The van der Waals surface area contributed by atoms with Gasteiger partial charge in [0, 0.05) is 10.4 Å². The number of rotatable bonds is 3. The number of hydrogen-bond acceptors (Lipinski definition) is 2. The molecule has 1 aliphatic carbocycles. The van der Waals surface area contributed by atoms with Gasteiger partial charge in [-0.25, -0.2) is 4.39 Å². The fourth-order valence-electron chi connectivity index (χ4n) is 1.64. The Balaban J connectivity index is 2.23. The number of carbonyl (C=O) groups is 2. The average Bonchev–Trinajstić information content (AvgIpc) is 3.00. The molecule has 3 nitrogen and oxygen atoms in total. The zero-order valence-electron chi connectivity index (χ0n) is 8.11. The highest BCUT2D eigenvalue weighted by atomic mass is 79.9. The molecule has 1 fully saturated rings. The maximum Gasteiger partial charge on any atom is 0.307 e. The predicted molar refractivity (Wildman–Crippen MR) is 57.7 cm³/mol. The van der Waals surface area contributed by atoms with Crippen molar-refractivity contribution in [2.75, 3.05) is 0 Å². The number of carboxylic acids is 1. The molecular weight excluding hydrogens is 279 g/mol. The topological polar surface area (TPSA) is 54.4 Å². The van der Waals surface area contributed by atoms with E-state index in [4.69, 9.17) is 5.11 Å². The maximum atomic E-state index is 13.3. The van der Waals surface area contributed by atoms with Crippen LogP contribution >= 0.6 is 15.9 Å². The summed E-state index contributed by atoms with van der Waals surface area (Å²) in [5.74, 6) is -3.24. The Hall–Kier alpha value is -1.23. The first kappa shape index (κ1) is 11.3. The van der Waals surface area contributed by atoms with E-state index in [1.54, 1.807) is 0 Å². The van der Waals surface area contributed by atoms with Crippen molar-refractivity contribution < 1.29 is 19.1 Å². The van der Waals surface area contributed by atoms with Gasteiger partial charge in [0.05, 0.1) is 11.5 Å². The van der Waals surface area contributed by atoms with Crippen LogP contribution in [0.4, 0.5) is 4.39 Å². The van der Waals surface area contributed by atoms with Crippen molar-refractivity contribution in [1.82, 2.24) is 0 Å². The third kappa shape index (κ3) is 2.00. The first-order valence-corrected chi connectivity index (χ1v) is 5.52. The number of carboxylic acid groups (broad SMARTS) is 1. The third-order valence-corrected chi connectivity index (χ3v) is 3.13. The third-order valence-electron chi connectivity index (χ3n) is 2.64. The Morgan fingerprint density at radius 1 is 1.38 bits per heavy atom. The van der Waals surface area contributed by atoms with E-state index < -0.39 is 29.4 Å². The summed E-state index contributed by atoms with van der Waals surface area (Å²) in [6.45, 7) is 0. The summed E-state index contributed by atoms with van der Waals surface area (Å²) in [6, 6.07) is 4.07. The molecule has 1 saturated carbocycles. The fraction of sp³-hybridized carbons (Fsp3) is 0.273. The maximum absolute atomic E-state index is 13.3. The minimum Gasteiger partial charge on any atom is -0.481 e. The summed E-state index contributed by atoms with van der Waals surface area (Å²) >= 11 is 3.14. The normalized spacial score (nSPS) is 22.9. The van der Waals surface area contributed by atoms with E-state index in [-0.39, 0.29) is 5.56 Å². The SMILES string of the molecule is O=C(O)C1CC1C(=O)c1cc(Br)ccc1F. The molecule has 2 unspecified atom stereocenters. The van der Waals surface area contributed by atoms with Crippen LogP contribution in [0.5, 0.6) is 0 Å². The Morgan fingerprint density at radius 3 is 2.62 bits per heavy atom. The Morgan fingerprint density at radius 2 is 2.06 bits per heavy atom. The predicted octanol–water partition coefficient (Wildman–Crippen LogP) is 2.49. The summed E-state index contributed by atoms with van der Waals surface area (Å²) < 4.78 is 13.9. The molecule has 16 heavy (non-hydrogen) atoms. The number of ketones is 1. The number of aliphatic carboxylic acids is 1. The summed E-state index contributed by atoms with van der Waals surface area (Å²) in [5, 5.41) is 8.69. The van der Waals surface area contributed by atoms with Gasteiger partial charge in [-0.15, -0.1) is 0 Å². The van der Waals surface area contributed by atoms with E-state index in [0.717, 1.165) is 0 Å². The van der Waals surface area contributed by atoms with Gasteiger partial charge >= 0.3 is 5.97 Å². The van der Waals surface area contributed by atoms with Crippen molar-refractivity contribution in [2.45, 2.75) is 6.42 Å². The lowest BCUT2D eigenvalue weighted by molar-refractivity contribution is -0.138. The van der Waals surface area contributed by atoms with E-state index in [2.05, 4.69) is 15.9 Å². The Labute approximate surface area is 99.4 Å². The molecule has 2 atom stereocenters. The fourth-order valence-corrected chi connectivity index (χ4v) is 2.00. The van der Waals surface area contributed by atoms with Gasteiger partial charge in [-0.2, -0.15) is 0 Å². The second-order valence-electron chi connectivity index (χ2n) is 3.78. The van der Waals surface area contributed by atoms with Crippen molar-refractivity contribution in [2.24, 2.45) is 11.8 Å². The smallest absolute Gasteiger partial charge is 0.307 e. The second kappa shape index (κ2) is 3.97. The van der Waals surface area contributed by atoms with Gasteiger partial charge in [0.1, 0.15) is 5.82 Å². The van der Waals surface area contributed by atoms with E-state index in [1.807, 2.05) is 0 Å². The molecule has 1 aromatic rings. The van der Waals surface area contributed by atoms with Gasteiger partial charge in [-0.05, 0) is 24.6 Å². The number of benzene rings is 1. The average molecular weight is 287 g/mol. The first-order chi connectivity index (χ1) is 7.50. The zero-order chi connectivity index (χ0) is 11.9. The molecule has 84 valence electrons. The molecule has 5 heteroatoms. The highest BCUT2D eigenvalue weighted by molar-refractivity contribution is 9.10. The Bertz CT molecular complexity index is 472. The standard InChI is InChI=1S/C11H8BrFO3/c12-5-1-2-9(13)8(3-5)10(14)6-4-7(6)11(15)16/h1-3,6-7H,4H2,(H,15,16). The van der Waals surface area contributed by atoms with Gasteiger partial charge in [-0.3, -0.25) is 9.59 Å². The number of hydrogen-bond donors (Lipinski definition) is 1. The van der Waals surface area contributed by atoms with Crippen LogP contribution in [0.3, 0.4) is 0 Å². The molecule has 1 N–H and O–H groups in total. The van der Waals surface area contributed by atoms with E-state index in [9.17, 15) is 14.0 Å². The lowest BCUT2D eigenvalue weighted by atomic mass is 10.1. The molecule has 0 aliphatic heterocycles. The van der Waals surface area contributed by atoms with Crippen LogP contribution in [-0.4, -0.2) is 16.9 Å². The monoisotopic (exact) mass is 286 g/mol. The van der Waals surface area contributed by atoms with Crippen LogP contribution in [0.25, 0.3) is 0 Å². The summed E-state index contributed by atoms with van der Waals surface area (Å²) in [5.41, 5.74) is -0.0388. The number of Topliss-reactive ketones (excluding diaryl/α,β-unsaturated/α-hetero) is 1. The van der Waals surface area contributed by atoms with Crippen LogP contribution < -0.4 is 0 Å². The summed E-state index contributed by atoms with van der Waals surface area (Å²) in [4.78, 5) is 22.4. The van der Waals surface area contributed by atoms with Crippen molar-refractivity contribution in [3.8, 4) is 0 Å². The summed E-state index contributed by atoms with van der Waals surface area (Å²) in [7, 11) is 0. The lowest BCUT2D eigenvalue weighted by Crippen LogP contribution is -2.09. The van der Waals surface area contributed by atoms with E-state index in [0.29, 0.717) is 10.9 Å². The molecule has 0 amide bonds. The summed E-state index contributed by atoms with van der Waals surface area (Å²) in [6.07, 6.45) is 0.306.